The Hall–Kier alpha value is -1.45. The summed E-state index contributed by atoms with van der Waals surface area (Å²) in [6.07, 6.45) is 0. The van der Waals surface area contributed by atoms with E-state index in [0.717, 1.165) is 38.4 Å². The minimum atomic E-state index is -3.61. The number of halogens is 1. The van der Waals surface area contributed by atoms with Gasteiger partial charge in [-0.25, -0.2) is 13.1 Å². The molecule has 2 aromatic carbocycles. The zero-order chi connectivity index (χ0) is 19.3. The lowest BCUT2D eigenvalue weighted by molar-refractivity contribution is 0.0342. The molecule has 0 saturated carbocycles. The van der Waals surface area contributed by atoms with Gasteiger partial charge in [-0.2, -0.15) is 0 Å². The van der Waals surface area contributed by atoms with Gasteiger partial charge in [-0.1, -0.05) is 24.3 Å². The molecule has 0 aromatic heterocycles. The van der Waals surface area contributed by atoms with Crippen molar-refractivity contribution in [2.75, 3.05) is 33.4 Å². The number of morpholine rings is 1. The average molecular weight is 455 g/mol. The van der Waals surface area contributed by atoms with Gasteiger partial charge in [0.15, 0.2) is 0 Å². The summed E-state index contributed by atoms with van der Waals surface area (Å²) < 4.78 is 38.9. The van der Waals surface area contributed by atoms with Crippen LogP contribution >= 0.6 is 15.9 Å². The predicted molar refractivity (Wildman–Crippen MR) is 107 cm³/mol. The highest BCUT2D eigenvalue weighted by molar-refractivity contribution is 9.10. The quantitative estimate of drug-likeness (QED) is 0.696. The first-order valence-corrected chi connectivity index (χ1v) is 11.0. The van der Waals surface area contributed by atoms with E-state index >= 15 is 0 Å². The van der Waals surface area contributed by atoms with Crippen molar-refractivity contribution in [2.45, 2.75) is 18.0 Å². The molecule has 1 N–H and O–H groups in total. The van der Waals surface area contributed by atoms with Crippen molar-refractivity contribution in [1.82, 2.24) is 9.62 Å². The summed E-state index contributed by atoms with van der Waals surface area (Å²) >= 11 is 3.32. The number of nitrogens with zero attached hydrogens (tertiary/aromatic N) is 1. The van der Waals surface area contributed by atoms with Gasteiger partial charge in [0.05, 0.1) is 29.7 Å². The first-order valence-electron chi connectivity index (χ1n) is 8.69. The van der Waals surface area contributed by atoms with Gasteiger partial charge < -0.3 is 9.47 Å². The van der Waals surface area contributed by atoms with Crippen molar-refractivity contribution < 1.29 is 17.9 Å². The van der Waals surface area contributed by atoms with Crippen LogP contribution in [-0.2, 0) is 27.8 Å². The van der Waals surface area contributed by atoms with Gasteiger partial charge in [-0.15, -0.1) is 0 Å². The van der Waals surface area contributed by atoms with Gasteiger partial charge in [0.1, 0.15) is 5.75 Å². The molecule has 8 heteroatoms. The van der Waals surface area contributed by atoms with Crippen molar-refractivity contribution in [2.24, 2.45) is 0 Å². The third-order valence-corrected chi connectivity index (χ3v) is 6.42. The van der Waals surface area contributed by atoms with Crippen molar-refractivity contribution >= 4 is 26.0 Å². The Balaban J connectivity index is 1.65. The summed E-state index contributed by atoms with van der Waals surface area (Å²) in [6.45, 7) is 4.44. The smallest absolute Gasteiger partial charge is 0.240 e. The number of hydrogen-bond donors (Lipinski definition) is 1. The Labute approximate surface area is 168 Å². The summed E-state index contributed by atoms with van der Waals surface area (Å²) in [5.41, 5.74) is 2.10. The van der Waals surface area contributed by atoms with Crippen LogP contribution in [0.2, 0.25) is 0 Å². The number of hydrogen-bond acceptors (Lipinski definition) is 5. The summed E-state index contributed by atoms with van der Waals surface area (Å²) in [7, 11) is -2.07. The van der Waals surface area contributed by atoms with Crippen molar-refractivity contribution in [3.05, 3.63) is 58.1 Å². The fourth-order valence-corrected chi connectivity index (χ4v) is 4.67. The molecule has 0 radical (unpaired) electrons. The topological polar surface area (TPSA) is 67.9 Å². The van der Waals surface area contributed by atoms with Crippen LogP contribution in [-0.4, -0.2) is 46.7 Å². The molecule has 0 unspecified atom stereocenters. The Morgan fingerprint density at radius 1 is 1.15 bits per heavy atom. The Morgan fingerprint density at radius 3 is 2.59 bits per heavy atom. The van der Waals surface area contributed by atoms with Crippen LogP contribution in [0.4, 0.5) is 0 Å². The molecular formula is C19H23BrN2O4S. The Bertz CT molecular complexity index is 883. The van der Waals surface area contributed by atoms with Gasteiger partial charge in [-0.05, 0) is 45.3 Å². The zero-order valence-electron chi connectivity index (χ0n) is 15.2. The van der Waals surface area contributed by atoms with E-state index in [2.05, 4.69) is 31.6 Å². The van der Waals surface area contributed by atoms with Gasteiger partial charge in [0.25, 0.3) is 0 Å². The number of methoxy groups -OCH3 is 1. The fraction of sp³-hybridized carbons (Fsp3) is 0.368. The lowest BCUT2D eigenvalue weighted by Crippen LogP contribution is -2.35. The minimum absolute atomic E-state index is 0.194. The summed E-state index contributed by atoms with van der Waals surface area (Å²) in [4.78, 5) is 2.53. The van der Waals surface area contributed by atoms with E-state index in [0.29, 0.717) is 10.2 Å². The van der Waals surface area contributed by atoms with Gasteiger partial charge in [0, 0.05) is 26.2 Å². The second-order valence-corrected chi connectivity index (χ2v) is 8.95. The van der Waals surface area contributed by atoms with Crippen molar-refractivity contribution in [3.8, 4) is 5.75 Å². The predicted octanol–water partition coefficient (Wildman–Crippen LogP) is 2.77. The average Bonchev–Trinajstić information content (AvgIpc) is 2.67. The molecule has 0 aliphatic carbocycles. The molecule has 3 rings (SSSR count). The van der Waals surface area contributed by atoms with Crippen LogP contribution < -0.4 is 9.46 Å². The van der Waals surface area contributed by atoms with E-state index < -0.39 is 10.0 Å². The number of sulfonamides is 1. The highest BCUT2D eigenvalue weighted by Crippen LogP contribution is 2.27. The monoisotopic (exact) mass is 454 g/mol. The number of ether oxygens (including phenoxy) is 2. The SMILES string of the molecule is COc1ccc(S(=O)(=O)NCc2cccc(CN3CCOCC3)c2)cc1Br. The highest BCUT2D eigenvalue weighted by Gasteiger charge is 2.16. The second kappa shape index (κ2) is 9.16. The number of nitrogens with one attached hydrogen (secondary N) is 1. The molecule has 0 bridgehead atoms. The highest BCUT2D eigenvalue weighted by atomic mass is 79.9. The van der Waals surface area contributed by atoms with Crippen LogP contribution in [0.25, 0.3) is 0 Å². The molecule has 146 valence electrons. The van der Waals surface area contributed by atoms with E-state index in [9.17, 15) is 8.42 Å². The molecule has 1 fully saturated rings. The van der Waals surface area contributed by atoms with Crippen molar-refractivity contribution in [1.29, 1.82) is 0 Å². The Kier molecular flexibility index (Phi) is 6.88. The van der Waals surface area contributed by atoms with Gasteiger partial charge in [-0.3, -0.25) is 4.90 Å². The van der Waals surface area contributed by atoms with E-state index in [1.54, 1.807) is 6.07 Å². The second-order valence-electron chi connectivity index (χ2n) is 6.33. The summed E-state index contributed by atoms with van der Waals surface area (Å²) in [5, 5.41) is 0. The molecule has 27 heavy (non-hydrogen) atoms. The van der Waals surface area contributed by atoms with Gasteiger partial charge >= 0.3 is 0 Å². The maximum atomic E-state index is 12.6. The molecule has 2 aromatic rings. The van der Waals surface area contributed by atoms with Crippen LogP contribution in [0.1, 0.15) is 11.1 Å². The summed E-state index contributed by atoms with van der Waals surface area (Å²) in [6, 6.07) is 12.7. The standard InChI is InChI=1S/C19H23BrN2O4S/c1-25-19-6-5-17(12-18(19)20)27(23,24)21-13-15-3-2-4-16(11-15)14-22-7-9-26-10-8-22/h2-6,11-12,21H,7-10,13-14H2,1H3. The van der Waals surface area contributed by atoms with Crippen molar-refractivity contribution in [3.63, 3.8) is 0 Å². The molecule has 1 aliphatic heterocycles. The van der Waals surface area contributed by atoms with E-state index in [-0.39, 0.29) is 11.4 Å². The van der Waals surface area contributed by atoms with Crippen LogP contribution in [0.15, 0.2) is 51.8 Å². The molecule has 0 atom stereocenters. The minimum Gasteiger partial charge on any atom is -0.496 e. The fourth-order valence-electron chi connectivity index (χ4n) is 2.93. The molecule has 0 spiro atoms. The van der Waals surface area contributed by atoms with Crippen LogP contribution in [0, 0.1) is 0 Å². The number of benzene rings is 2. The molecule has 1 saturated heterocycles. The van der Waals surface area contributed by atoms with E-state index in [1.165, 1.54) is 24.8 Å². The number of rotatable bonds is 7. The lowest BCUT2D eigenvalue weighted by atomic mass is 10.1. The molecule has 6 nitrogen and oxygen atoms in total. The first-order chi connectivity index (χ1) is 13.0. The lowest BCUT2D eigenvalue weighted by Gasteiger charge is -2.26. The van der Waals surface area contributed by atoms with E-state index in [1.807, 2.05) is 18.2 Å². The zero-order valence-corrected chi connectivity index (χ0v) is 17.6. The van der Waals surface area contributed by atoms with Gasteiger partial charge in [0.2, 0.25) is 10.0 Å². The molecular weight excluding hydrogens is 432 g/mol. The molecule has 0 amide bonds. The third-order valence-electron chi connectivity index (χ3n) is 4.40. The Morgan fingerprint density at radius 2 is 1.89 bits per heavy atom. The maximum Gasteiger partial charge on any atom is 0.240 e. The maximum absolute atomic E-state index is 12.6. The summed E-state index contributed by atoms with van der Waals surface area (Å²) in [5.74, 6) is 0.588. The molecule has 1 heterocycles. The first kappa shape index (κ1) is 20.3. The molecule has 1 aliphatic rings. The van der Waals surface area contributed by atoms with Crippen LogP contribution in [0.3, 0.4) is 0 Å². The third kappa shape index (κ3) is 5.52. The van der Waals surface area contributed by atoms with Crippen LogP contribution in [0.5, 0.6) is 5.75 Å². The normalized spacial score (nSPS) is 15.6. The largest absolute Gasteiger partial charge is 0.496 e. The van der Waals surface area contributed by atoms with E-state index in [4.69, 9.17) is 9.47 Å².